The zero-order valence-electron chi connectivity index (χ0n) is 12.3. The van der Waals surface area contributed by atoms with Gasteiger partial charge in [-0.15, -0.1) is 0 Å². The van der Waals surface area contributed by atoms with Gasteiger partial charge in [0.05, 0.1) is 0 Å². The molecule has 0 atom stereocenters. The molecule has 0 aliphatic carbocycles. The van der Waals surface area contributed by atoms with Crippen LogP contribution in [0.4, 0.5) is 0 Å². The smallest absolute Gasteiger partial charge is 0.0466 e. The van der Waals surface area contributed by atoms with Crippen LogP contribution in [0.15, 0.2) is 0 Å². The van der Waals surface area contributed by atoms with Gasteiger partial charge >= 0.3 is 0 Å². The van der Waals surface area contributed by atoms with E-state index >= 15 is 0 Å². The van der Waals surface area contributed by atoms with Crippen molar-refractivity contribution in [2.75, 3.05) is 39.9 Å². The first kappa shape index (κ1) is 16.9. The van der Waals surface area contributed by atoms with Crippen LogP contribution in [0.25, 0.3) is 0 Å². The molecule has 0 saturated heterocycles. The zero-order chi connectivity index (χ0) is 12.9. The highest BCUT2D eigenvalue weighted by molar-refractivity contribution is 4.65. The molecule has 0 bridgehead atoms. The average Bonchev–Trinajstić information content (AvgIpc) is 2.34. The van der Waals surface area contributed by atoms with Crippen molar-refractivity contribution in [1.29, 1.82) is 0 Å². The molecule has 17 heavy (non-hydrogen) atoms. The van der Waals surface area contributed by atoms with Gasteiger partial charge < -0.3 is 15.0 Å². The summed E-state index contributed by atoms with van der Waals surface area (Å²) in [6, 6.07) is 0.745. The lowest BCUT2D eigenvalue weighted by molar-refractivity contribution is 0.143. The van der Waals surface area contributed by atoms with E-state index in [4.69, 9.17) is 4.74 Å². The Kier molecular flexibility index (Phi) is 12.3. The first-order chi connectivity index (χ1) is 8.26. The van der Waals surface area contributed by atoms with Gasteiger partial charge in [0, 0.05) is 32.3 Å². The predicted octanol–water partition coefficient (Wildman–Crippen LogP) is 2.51. The number of nitrogens with zero attached hydrogens (tertiary/aromatic N) is 1. The number of hydrogen-bond donors (Lipinski definition) is 1. The highest BCUT2D eigenvalue weighted by Gasteiger charge is 2.08. The van der Waals surface area contributed by atoms with Crippen molar-refractivity contribution in [1.82, 2.24) is 10.2 Å². The molecule has 0 rings (SSSR count). The molecule has 0 spiro atoms. The van der Waals surface area contributed by atoms with Gasteiger partial charge in [-0.25, -0.2) is 0 Å². The third kappa shape index (κ3) is 9.57. The Labute approximate surface area is 108 Å². The third-order valence-corrected chi connectivity index (χ3v) is 3.30. The molecule has 0 saturated carbocycles. The van der Waals surface area contributed by atoms with E-state index in [1.54, 1.807) is 0 Å². The van der Waals surface area contributed by atoms with Crippen molar-refractivity contribution >= 4 is 0 Å². The van der Waals surface area contributed by atoms with Gasteiger partial charge in [0.15, 0.2) is 0 Å². The van der Waals surface area contributed by atoms with Gasteiger partial charge in [0.2, 0.25) is 0 Å². The second-order valence-corrected chi connectivity index (χ2v) is 4.60. The maximum absolute atomic E-state index is 5.30. The zero-order valence-corrected chi connectivity index (χ0v) is 12.3. The van der Waals surface area contributed by atoms with Crippen molar-refractivity contribution in [3.8, 4) is 0 Å². The first-order valence-corrected chi connectivity index (χ1v) is 7.24. The molecule has 0 radical (unpaired) electrons. The van der Waals surface area contributed by atoms with Gasteiger partial charge in [0.1, 0.15) is 0 Å². The topological polar surface area (TPSA) is 24.5 Å². The molecule has 0 fully saturated rings. The molecule has 0 aliphatic rings. The molecule has 1 N–H and O–H groups in total. The second kappa shape index (κ2) is 12.3. The summed E-state index contributed by atoms with van der Waals surface area (Å²) in [5.41, 5.74) is 0. The fourth-order valence-electron chi connectivity index (χ4n) is 2.07. The van der Waals surface area contributed by atoms with E-state index in [9.17, 15) is 0 Å². The highest BCUT2D eigenvalue weighted by Crippen LogP contribution is 2.04. The molecule has 3 nitrogen and oxygen atoms in total. The second-order valence-electron chi connectivity index (χ2n) is 4.60. The van der Waals surface area contributed by atoms with Crippen molar-refractivity contribution in [2.24, 2.45) is 0 Å². The van der Waals surface area contributed by atoms with Crippen LogP contribution >= 0.6 is 0 Å². The molecule has 0 aliphatic heterocycles. The standard InChI is InChI=1S/C14H32N2O/c1-5-14(6-2)16(4)12-11-15-10-8-9-13-17-7-3/h14-15H,5-13H2,1-4H3. The van der Waals surface area contributed by atoms with Gasteiger partial charge in [-0.2, -0.15) is 0 Å². The largest absolute Gasteiger partial charge is 0.382 e. The Morgan fingerprint density at radius 1 is 1.06 bits per heavy atom. The maximum Gasteiger partial charge on any atom is 0.0466 e. The van der Waals surface area contributed by atoms with Crippen molar-refractivity contribution in [3.05, 3.63) is 0 Å². The van der Waals surface area contributed by atoms with Gasteiger partial charge in [0.25, 0.3) is 0 Å². The van der Waals surface area contributed by atoms with E-state index in [-0.39, 0.29) is 0 Å². The van der Waals surface area contributed by atoms with E-state index in [0.717, 1.165) is 38.9 Å². The summed E-state index contributed by atoms with van der Waals surface area (Å²) < 4.78 is 5.30. The lowest BCUT2D eigenvalue weighted by atomic mass is 10.1. The van der Waals surface area contributed by atoms with Gasteiger partial charge in [-0.1, -0.05) is 13.8 Å². The third-order valence-electron chi connectivity index (χ3n) is 3.30. The fourth-order valence-corrected chi connectivity index (χ4v) is 2.07. The monoisotopic (exact) mass is 244 g/mol. The molecule has 3 heteroatoms. The van der Waals surface area contributed by atoms with Crippen LogP contribution in [0.2, 0.25) is 0 Å². The molecular formula is C14H32N2O. The van der Waals surface area contributed by atoms with Gasteiger partial charge in [-0.3, -0.25) is 0 Å². The molecule has 0 aromatic heterocycles. The molecule has 0 unspecified atom stereocenters. The molecule has 0 amide bonds. The summed E-state index contributed by atoms with van der Waals surface area (Å²) in [5.74, 6) is 0. The lowest BCUT2D eigenvalue weighted by Crippen LogP contribution is -2.36. The Balaban J connectivity index is 3.27. The number of rotatable bonds is 12. The summed E-state index contributed by atoms with van der Waals surface area (Å²) in [6.07, 6.45) is 4.89. The summed E-state index contributed by atoms with van der Waals surface area (Å²) in [5, 5.41) is 3.50. The Morgan fingerprint density at radius 3 is 2.35 bits per heavy atom. The normalized spacial score (nSPS) is 11.6. The molecule has 0 aromatic rings. The van der Waals surface area contributed by atoms with E-state index < -0.39 is 0 Å². The van der Waals surface area contributed by atoms with Gasteiger partial charge in [-0.05, 0) is 46.2 Å². The molecule has 0 heterocycles. The van der Waals surface area contributed by atoms with Crippen LogP contribution in [0, 0.1) is 0 Å². The minimum Gasteiger partial charge on any atom is -0.382 e. The number of unbranched alkanes of at least 4 members (excludes halogenated alkanes) is 1. The van der Waals surface area contributed by atoms with Crippen LogP contribution in [0.1, 0.15) is 46.5 Å². The van der Waals surface area contributed by atoms with E-state index in [0.29, 0.717) is 0 Å². The van der Waals surface area contributed by atoms with E-state index in [1.807, 2.05) is 6.92 Å². The van der Waals surface area contributed by atoms with E-state index in [1.165, 1.54) is 25.7 Å². The Hall–Kier alpha value is -0.120. The predicted molar refractivity (Wildman–Crippen MR) is 75.6 cm³/mol. The van der Waals surface area contributed by atoms with Crippen LogP contribution in [0.3, 0.4) is 0 Å². The fraction of sp³-hybridized carbons (Fsp3) is 1.00. The summed E-state index contributed by atoms with van der Waals surface area (Å²) in [7, 11) is 2.23. The summed E-state index contributed by atoms with van der Waals surface area (Å²) in [6.45, 7) is 11.7. The SMILES string of the molecule is CCOCCCCNCCN(C)C(CC)CC. The van der Waals surface area contributed by atoms with Crippen molar-refractivity contribution in [3.63, 3.8) is 0 Å². The number of likely N-dealkylation sites (N-methyl/N-ethyl adjacent to an activating group) is 1. The molecule has 0 aromatic carbocycles. The minimum absolute atomic E-state index is 0.745. The first-order valence-electron chi connectivity index (χ1n) is 7.24. The van der Waals surface area contributed by atoms with E-state index in [2.05, 4.69) is 31.1 Å². The number of nitrogens with one attached hydrogen (secondary N) is 1. The quantitative estimate of drug-likeness (QED) is 0.534. The molecular weight excluding hydrogens is 212 g/mol. The van der Waals surface area contributed by atoms with Crippen molar-refractivity contribution in [2.45, 2.75) is 52.5 Å². The minimum atomic E-state index is 0.745. The number of hydrogen-bond acceptors (Lipinski definition) is 3. The molecule has 104 valence electrons. The highest BCUT2D eigenvalue weighted by atomic mass is 16.5. The maximum atomic E-state index is 5.30. The summed E-state index contributed by atoms with van der Waals surface area (Å²) in [4.78, 5) is 2.47. The Bertz CT molecular complexity index is 149. The number of ether oxygens (including phenoxy) is 1. The van der Waals surface area contributed by atoms with Crippen LogP contribution in [0.5, 0.6) is 0 Å². The van der Waals surface area contributed by atoms with Crippen LogP contribution in [-0.4, -0.2) is 50.8 Å². The van der Waals surface area contributed by atoms with Crippen LogP contribution in [-0.2, 0) is 4.74 Å². The van der Waals surface area contributed by atoms with Crippen molar-refractivity contribution < 1.29 is 4.74 Å². The van der Waals surface area contributed by atoms with Crippen LogP contribution < -0.4 is 5.32 Å². The average molecular weight is 244 g/mol. The summed E-state index contributed by atoms with van der Waals surface area (Å²) >= 11 is 0. The Morgan fingerprint density at radius 2 is 1.76 bits per heavy atom. The lowest BCUT2D eigenvalue weighted by Gasteiger charge is -2.26.